The van der Waals surface area contributed by atoms with Gasteiger partial charge in [-0.15, -0.1) is 0 Å². The molecule has 0 aliphatic carbocycles. The van der Waals surface area contributed by atoms with E-state index in [1.54, 1.807) is 0 Å². The Bertz CT molecular complexity index is 274. The van der Waals surface area contributed by atoms with Crippen molar-refractivity contribution in [3.8, 4) is 0 Å². The molecule has 0 saturated carbocycles. The van der Waals surface area contributed by atoms with E-state index in [9.17, 15) is 19.1 Å². The summed E-state index contributed by atoms with van der Waals surface area (Å²) in [5.74, 6) is 0. The largest absolute Gasteiger partial charge is 1.00 e. The minimum Gasteiger partial charge on any atom is -0.790 e. The van der Waals surface area contributed by atoms with Crippen molar-refractivity contribution in [2.75, 3.05) is 6.61 Å². The van der Waals surface area contributed by atoms with Crippen LogP contribution < -0.4 is 68.9 Å². The second-order valence-electron chi connectivity index (χ2n) is 2.92. The SMILES string of the molecule is O.O.O=C[C@H](O)[C@@H](O)[C@H](O)[C@H](O)COP(=O)([O-])[O-].[Na+].[Na+]. The van der Waals surface area contributed by atoms with Crippen LogP contribution in [0.4, 0.5) is 0 Å². The van der Waals surface area contributed by atoms with E-state index in [0.29, 0.717) is 0 Å². The van der Waals surface area contributed by atoms with Gasteiger partial charge in [-0.1, -0.05) is 0 Å². The summed E-state index contributed by atoms with van der Waals surface area (Å²) in [6.45, 7) is -1.09. The van der Waals surface area contributed by atoms with E-state index in [1.165, 1.54) is 0 Å². The molecule has 14 heteroatoms. The molecule has 0 aromatic heterocycles. The summed E-state index contributed by atoms with van der Waals surface area (Å²) in [4.78, 5) is 30.0. The predicted molar refractivity (Wildman–Crippen MR) is 50.9 cm³/mol. The molecule has 0 aromatic carbocycles. The fourth-order valence-electron chi connectivity index (χ4n) is 0.776. The maximum absolute atomic E-state index is 10.0. The molecular weight excluding hydrogens is 325 g/mol. The summed E-state index contributed by atoms with van der Waals surface area (Å²) < 4.78 is 13.6. The number of carbonyl (C=O) groups is 1. The van der Waals surface area contributed by atoms with Crippen LogP contribution in [0, 0.1) is 0 Å². The quantitative estimate of drug-likeness (QED) is 0.195. The Morgan fingerprint density at radius 3 is 1.75 bits per heavy atom. The molecule has 0 rings (SSSR count). The van der Waals surface area contributed by atoms with Gasteiger partial charge in [-0.2, -0.15) is 0 Å². The molecule has 0 aliphatic rings. The molecule has 0 aromatic rings. The van der Waals surface area contributed by atoms with Crippen molar-refractivity contribution < 1.29 is 114 Å². The molecule has 0 unspecified atom stereocenters. The number of aliphatic hydroxyl groups is 4. The number of phosphoric ester groups is 1. The van der Waals surface area contributed by atoms with Gasteiger partial charge in [0.05, 0.1) is 14.4 Å². The molecule has 0 fully saturated rings. The number of carbonyl (C=O) groups excluding carboxylic acids is 1. The number of phosphoric acid groups is 1. The first-order valence-electron chi connectivity index (χ1n) is 4.03. The molecule has 0 bridgehead atoms. The van der Waals surface area contributed by atoms with Crippen molar-refractivity contribution in [2.24, 2.45) is 0 Å². The van der Waals surface area contributed by atoms with Gasteiger partial charge in [-0.25, -0.2) is 0 Å². The van der Waals surface area contributed by atoms with Gasteiger partial charge >= 0.3 is 59.1 Å². The standard InChI is InChI=1S/C6H13O9P.2Na.2H2O/c7-1-3(8)5(10)6(11)4(9)2-15-16(12,13)14;;;;/h1,3-6,8-11H,2H2,(H2,12,13,14);;;2*1H2/q;2*+1;;/p-2/t3-,4+,5+,6+;;;;/m0..../s1. The zero-order valence-corrected chi connectivity index (χ0v) is 15.8. The molecule has 0 saturated heterocycles. The summed E-state index contributed by atoms with van der Waals surface area (Å²) in [6, 6.07) is 0. The third-order valence-corrected chi connectivity index (χ3v) is 2.10. The van der Waals surface area contributed by atoms with Gasteiger partial charge in [-0.3, -0.25) is 0 Å². The van der Waals surface area contributed by atoms with Gasteiger partial charge in [0.25, 0.3) is 0 Å². The van der Waals surface area contributed by atoms with Crippen LogP contribution in [0.1, 0.15) is 0 Å². The molecule has 0 heterocycles. The third kappa shape index (κ3) is 14.5. The second kappa shape index (κ2) is 15.4. The maximum Gasteiger partial charge on any atom is 1.00 e. The molecule has 0 aliphatic heterocycles. The van der Waals surface area contributed by atoms with Crippen LogP contribution in [-0.4, -0.2) is 68.7 Å². The minimum atomic E-state index is -5.30. The molecule has 8 N–H and O–H groups in total. The Balaban J connectivity index is -0.000000187. The Morgan fingerprint density at radius 2 is 1.45 bits per heavy atom. The summed E-state index contributed by atoms with van der Waals surface area (Å²) in [6.07, 6.45) is -8.04. The Kier molecular flexibility index (Phi) is 25.6. The second-order valence-corrected chi connectivity index (χ2v) is 4.07. The molecule has 0 radical (unpaired) electrons. The summed E-state index contributed by atoms with van der Waals surface area (Å²) in [5, 5.41) is 35.9. The van der Waals surface area contributed by atoms with Crippen LogP contribution in [0.5, 0.6) is 0 Å². The number of aldehydes is 1. The van der Waals surface area contributed by atoms with Crippen LogP contribution in [0.3, 0.4) is 0 Å². The smallest absolute Gasteiger partial charge is 0.790 e. The van der Waals surface area contributed by atoms with Gasteiger partial charge in [0, 0.05) is 0 Å². The third-order valence-electron chi connectivity index (χ3n) is 1.64. The van der Waals surface area contributed by atoms with E-state index in [4.69, 9.17) is 20.4 Å². The maximum atomic E-state index is 10.0. The van der Waals surface area contributed by atoms with Crippen LogP contribution in [0.15, 0.2) is 0 Å². The van der Waals surface area contributed by atoms with E-state index in [2.05, 4.69) is 4.52 Å². The first-order chi connectivity index (χ1) is 7.19. The van der Waals surface area contributed by atoms with E-state index in [0.717, 1.165) is 0 Å². The number of aliphatic hydroxyl groups excluding tert-OH is 4. The Hall–Kier alpha value is 1.54. The van der Waals surface area contributed by atoms with Gasteiger partial charge < -0.3 is 55.0 Å². The number of hydrogen-bond donors (Lipinski definition) is 4. The van der Waals surface area contributed by atoms with Crippen LogP contribution in [0.25, 0.3) is 0 Å². The average molecular weight is 340 g/mol. The topological polar surface area (TPSA) is 233 Å². The first kappa shape index (κ1) is 33.2. The van der Waals surface area contributed by atoms with E-state index in [-0.39, 0.29) is 76.4 Å². The summed E-state index contributed by atoms with van der Waals surface area (Å²) >= 11 is 0. The van der Waals surface area contributed by atoms with Gasteiger partial charge in [0.15, 0.2) is 6.29 Å². The Morgan fingerprint density at radius 1 is 1.05 bits per heavy atom. The molecule has 4 atom stereocenters. The summed E-state index contributed by atoms with van der Waals surface area (Å²) in [7, 11) is -5.30. The zero-order valence-electron chi connectivity index (χ0n) is 10.9. The molecule has 20 heavy (non-hydrogen) atoms. The fraction of sp³-hybridized carbons (Fsp3) is 0.833. The van der Waals surface area contributed by atoms with E-state index >= 15 is 0 Å². The minimum absolute atomic E-state index is 0. The van der Waals surface area contributed by atoms with Gasteiger partial charge in [0.2, 0.25) is 0 Å². The van der Waals surface area contributed by atoms with Crippen molar-refractivity contribution in [2.45, 2.75) is 24.4 Å². The van der Waals surface area contributed by atoms with Crippen molar-refractivity contribution in [1.29, 1.82) is 0 Å². The van der Waals surface area contributed by atoms with Gasteiger partial charge in [-0.05, 0) is 0 Å². The summed E-state index contributed by atoms with van der Waals surface area (Å²) in [5.41, 5.74) is 0. The normalized spacial score (nSPS) is 15.9. The van der Waals surface area contributed by atoms with Crippen molar-refractivity contribution in [3.63, 3.8) is 0 Å². The van der Waals surface area contributed by atoms with Crippen LogP contribution in [-0.2, 0) is 13.9 Å². The monoisotopic (exact) mass is 340 g/mol. The first-order valence-corrected chi connectivity index (χ1v) is 5.49. The average Bonchev–Trinajstić information content (AvgIpc) is 2.21. The van der Waals surface area contributed by atoms with Crippen molar-refractivity contribution >= 4 is 14.1 Å². The van der Waals surface area contributed by atoms with E-state index in [1.807, 2.05) is 0 Å². The molecule has 0 spiro atoms. The fourth-order valence-corrected chi connectivity index (χ4v) is 1.11. The number of hydrogen-bond acceptors (Lipinski definition) is 9. The molecule has 11 nitrogen and oxygen atoms in total. The Labute approximate surface area is 158 Å². The van der Waals surface area contributed by atoms with Crippen molar-refractivity contribution in [1.82, 2.24) is 0 Å². The van der Waals surface area contributed by atoms with Gasteiger partial charge in [0.1, 0.15) is 24.4 Å². The van der Waals surface area contributed by atoms with Crippen molar-refractivity contribution in [3.05, 3.63) is 0 Å². The number of rotatable bonds is 7. The predicted octanol–water partition coefficient (Wildman–Crippen LogP) is -12.2. The van der Waals surface area contributed by atoms with E-state index < -0.39 is 38.8 Å². The molecule has 112 valence electrons. The zero-order chi connectivity index (χ0) is 12.9. The van der Waals surface area contributed by atoms with Crippen LogP contribution >= 0.6 is 7.82 Å². The molecular formula is C6H15Na2O11P. The van der Waals surface area contributed by atoms with Crippen LogP contribution in [0.2, 0.25) is 0 Å². The molecule has 0 amide bonds.